The molecule has 0 unspecified atom stereocenters. The molecular formula is C19H20N2O3S. The predicted molar refractivity (Wildman–Crippen MR) is 100 cm³/mol. The maximum Gasteiger partial charge on any atom is 0.161 e. The lowest BCUT2D eigenvalue weighted by Crippen LogP contribution is -2.35. The minimum atomic E-state index is 0.594. The van der Waals surface area contributed by atoms with Crippen LogP contribution in [0.3, 0.4) is 0 Å². The summed E-state index contributed by atoms with van der Waals surface area (Å²) < 4.78 is 16.0. The number of thiophene rings is 1. The fourth-order valence-electron chi connectivity index (χ4n) is 2.70. The van der Waals surface area contributed by atoms with Crippen LogP contribution >= 0.6 is 11.3 Å². The van der Waals surface area contributed by atoms with E-state index in [9.17, 15) is 5.26 Å². The summed E-state index contributed by atoms with van der Waals surface area (Å²) in [6, 6.07) is 11.9. The Kier molecular flexibility index (Phi) is 5.59. The van der Waals surface area contributed by atoms with E-state index in [1.54, 1.807) is 25.6 Å². The van der Waals surface area contributed by atoms with E-state index in [4.69, 9.17) is 14.2 Å². The lowest BCUT2D eigenvalue weighted by molar-refractivity contribution is 0.123. The molecule has 25 heavy (non-hydrogen) atoms. The number of hydrogen-bond acceptors (Lipinski definition) is 6. The van der Waals surface area contributed by atoms with Crippen molar-refractivity contribution in [2.75, 3.05) is 45.4 Å². The van der Waals surface area contributed by atoms with Crippen molar-refractivity contribution in [1.82, 2.24) is 0 Å². The molecule has 0 amide bonds. The Hall–Kier alpha value is -2.49. The van der Waals surface area contributed by atoms with Crippen LogP contribution in [0.4, 0.5) is 5.00 Å². The van der Waals surface area contributed by atoms with Gasteiger partial charge < -0.3 is 19.1 Å². The molecule has 5 nitrogen and oxygen atoms in total. The van der Waals surface area contributed by atoms with Crippen LogP contribution in [0.2, 0.25) is 0 Å². The van der Waals surface area contributed by atoms with Crippen LogP contribution in [0.25, 0.3) is 11.6 Å². The number of anilines is 1. The molecule has 6 heteroatoms. The number of nitrogens with zero attached hydrogens (tertiary/aromatic N) is 2. The van der Waals surface area contributed by atoms with Crippen molar-refractivity contribution >= 4 is 28.0 Å². The number of rotatable bonds is 5. The maximum absolute atomic E-state index is 9.57. The lowest BCUT2D eigenvalue weighted by Gasteiger charge is -2.27. The van der Waals surface area contributed by atoms with Gasteiger partial charge in [0, 0.05) is 18.0 Å². The third-order valence-electron chi connectivity index (χ3n) is 4.04. The van der Waals surface area contributed by atoms with Gasteiger partial charge in [0.15, 0.2) is 11.5 Å². The summed E-state index contributed by atoms with van der Waals surface area (Å²) in [5.41, 5.74) is 1.40. The van der Waals surface area contributed by atoms with Gasteiger partial charge in [-0.3, -0.25) is 0 Å². The zero-order valence-corrected chi connectivity index (χ0v) is 15.1. The van der Waals surface area contributed by atoms with Gasteiger partial charge in [-0.15, -0.1) is 11.3 Å². The van der Waals surface area contributed by atoms with Crippen LogP contribution in [0, 0.1) is 11.3 Å². The molecule has 0 aliphatic carbocycles. The highest BCUT2D eigenvalue weighted by Gasteiger charge is 2.13. The quantitative estimate of drug-likeness (QED) is 0.765. The average Bonchev–Trinajstić information content (AvgIpc) is 3.15. The summed E-state index contributed by atoms with van der Waals surface area (Å²) in [7, 11) is 3.18. The Balaban J connectivity index is 1.86. The third-order valence-corrected chi connectivity index (χ3v) is 5.13. The van der Waals surface area contributed by atoms with E-state index in [1.165, 1.54) is 5.00 Å². The molecule has 2 heterocycles. The molecule has 0 atom stereocenters. The van der Waals surface area contributed by atoms with Crippen LogP contribution < -0.4 is 14.4 Å². The molecule has 3 rings (SSSR count). The van der Waals surface area contributed by atoms with Gasteiger partial charge in [-0.1, -0.05) is 0 Å². The molecule has 1 aliphatic heterocycles. The number of benzene rings is 1. The van der Waals surface area contributed by atoms with E-state index in [0.29, 0.717) is 17.1 Å². The SMILES string of the molecule is COc1ccc(C(C#N)=Cc2ccc(N3CCOCC3)s2)cc1OC. The number of nitriles is 1. The van der Waals surface area contributed by atoms with Crippen LogP contribution in [0.5, 0.6) is 11.5 Å². The van der Waals surface area contributed by atoms with Gasteiger partial charge in [-0.25, -0.2) is 0 Å². The van der Waals surface area contributed by atoms with E-state index >= 15 is 0 Å². The molecule has 0 N–H and O–H groups in total. The Morgan fingerprint density at radius 2 is 1.92 bits per heavy atom. The number of methoxy groups -OCH3 is 2. The van der Waals surface area contributed by atoms with Crippen molar-refractivity contribution in [3.05, 3.63) is 40.8 Å². The zero-order chi connectivity index (χ0) is 17.6. The van der Waals surface area contributed by atoms with Gasteiger partial charge in [0.05, 0.1) is 44.1 Å². The van der Waals surface area contributed by atoms with Crippen molar-refractivity contribution in [3.8, 4) is 17.6 Å². The monoisotopic (exact) mass is 356 g/mol. The second-order valence-corrected chi connectivity index (χ2v) is 6.61. The van der Waals surface area contributed by atoms with E-state index < -0.39 is 0 Å². The number of ether oxygens (including phenoxy) is 3. The van der Waals surface area contributed by atoms with E-state index in [-0.39, 0.29) is 0 Å². The Labute approximate surface area is 151 Å². The molecule has 130 valence electrons. The maximum atomic E-state index is 9.57. The summed E-state index contributed by atoms with van der Waals surface area (Å²) in [5, 5.41) is 10.8. The second-order valence-electron chi connectivity index (χ2n) is 5.52. The molecule has 1 aliphatic rings. The van der Waals surface area contributed by atoms with Crippen LogP contribution in [-0.2, 0) is 4.74 Å². The van der Waals surface area contributed by atoms with Crippen molar-refractivity contribution in [2.45, 2.75) is 0 Å². The predicted octanol–water partition coefficient (Wildman–Crippen LogP) is 3.67. The van der Waals surface area contributed by atoms with Gasteiger partial charge in [0.2, 0.25) is 0 Å². The summed E-state index contributed by atoms with van der Waals surface area (Å²) in [6.07, 6.45) is 1.91. The molecule has 1 saturated heterocycles. The summed E-state index contributed by atoms with van der Waals surface area (Å²) in [4.78, 5) is 3.36. The summed E-state index contributed by atoms with van der Waals surface area (Å²) in [6.45, 7) is 3.34. The number of morpholine rings is 1. The number of allylic oxidation sites excluding steroid dienone is 1. The van der Waals surface area contributed by atoms with Crippen LogP contribution in [0.1, 0.15) is 10.4 Å². The standard InChI is InChI=1S/C19H20N2O3S/c1-22-17-5-3-14(12-18(17)23-2)15(13-20)11-16-4-6-19(25-16)21-7-9-24-10-8-21/h3-6,11-12H,7-10H2,1-2H3. The van der Waals surface area contributed by atoms with Crippen LogP contribution in [-0.4, -0.2) is 40.5 Å². The van der Waals surface area contributed by atoms with Gasteiger partial charge in [0.25, 0.3) is 0 Å². The summed E-state index contributed by atoms with van der Waals surface area (Å²) in [5.74, 6) is 1.26. The molecule has 1 fully saturated rings. The first-order valence-corrected chi connectivity index (χ1v) is 8.83. The van der Waals surface area contributed by atoms with Gasteiger partial charge in [-0.05, 0) is 42.0 Å². The largest absolute Gasteiger partial charge is 0.493 e. The fourth-order valence-corrected chi connectivity index (χ4v) is 3.70. The Bertz CT molecular complexity index is 801. The van der Waals surface area contributed by atoms with Gasteiger partial charge in [0.1, 0.15) is 0 Å². The van der Waals surface area contributed by atoms with Crippen LogP contribution in [0.15, 0.2) is 30.3 Å². The first kappa shape index (κ1) is 17.3. The Morgan fingerprint density at radius 1 is 1.16 bits per heavy atom. The van der Waals surface area contributed by atoms with Crippen molar-refractivity contribution in [3.63, 3.8) is 0 Å². The molecule has 0 bridgehead atoms. The smallest absolute Gasteiger partial charge is 0.161 e. The minimum absolute atomic E-state index is 0.594. The highest BCUT2D eigenvalue weighted by molar-refractivity contribution is 7.17. The normalized spacial score (nSPS) is 14.9. The van der Waals surface area contributed by atoms with E-state index in [2.05, 4.69) is 17.0 Å². The first-order chi connectivity index (χ1) is 12.2. The van der Waals surface area contributed by atoms with Crippen molar-refractivity contribution in [2.24, 2.45) is 0 Å². The minimum Gasteiger partial charge on any atom is -0.493 e. The fraction of sp³-hybridized carbons (Fsp3) is 0.316. The highest BCUT2D eigenvalue weighted by Crippen LogP contribution is 2.33. The molecule has 0 saturated carbocycles. The lowest BCUT2D eigenvalue weighted by atomic mass is 10.1. The molecule has 0 radical (unpaired) electrons. The van der Waals surface area contributed by atoms with Crippen molar-refractivity contribution in [1.29, 1.82) is 5.26 Å². The first-order valence-electron chi connectivity index (χ1n) is 8.02. The third kappa shape index (κ3) is 3.95. The van der Waals surface area contributed by atoms with Crippen molar-refractivity contribution < 1.29 is 14.2 Å². The molecular weight excluding hydrogens is 336 g/mol. The van der Waals surface area contributed by atoms with Gasteiger partial charge in [-0.2, -0.15) is 5.26 Å². The molecule has 0 spiro atoms. The highest BCUT2D eigenvalue weighted by atomic mass is 32.1. The Morgan fingerprint density at radius 3 is 2.60 bits per heavy atom. The molecule has 2 aromatic rings. The molecule has 1 aromatic carbocycles. The van der Waals surface area contributed by atoms with Gasteiger partial charge >= 0.3 is 0 Å². The molecule has 1 aromatic heterocycles. The van der Waals surface area contributed by atoms with E-state index in [1.807, 2.05) is 30.3 Å². The topological polar surface area (TPSA) is 54.7 Å². The summed E-state index contributed by atoms with van der Waals surface area (Å²) >= 11 is 1.68. The average molecular weight is 356 g/mol. The van der Waals surface area contributed by atoms with E-state index in [0.717, 1.165) is 36.7 Å². The number of hydrogen-bond donors (Lipinski definition) is 0. The second kappa shape index (κ2) is 8.06. The zero-order valence-electron chi connectivity index (χ0n) is 14.3.